The molecule has 1 N–H and O–H groups in total. The Balaban J connectivity index is 2.04. The smallest absolute Gasteiger partial charge is 0.175 e. The van der Waals surface area contributed by atoms with Crippen molar-refractivity contribution in [1.29, 1.82) is 0 Å². The molecule has 1 saturated heterocycles. The van der Waals surface area contributed by atoms with E-state index in [1.54, 1.807) is 12.1 Å². The summed E-state index contributed by atoms with van der Waals surface area (Å²) in [7, 11) is -1.19. The van der Waals surface area contributed by atoms with Gasteiger partial charge in [-0.1, -0.05) is 0 Å². The van der Waals surface area contributed by atoms with Crippen LogP contribution in [0.15, 0.2) is 23.1 Å². The molecule has 1 fully saturated rings. The molecule has 0 aliphatic carbocycles. The number of rotatable bonds is 3. The quantitative estimate of drug-likeness (QED) is 0.900. The second kappa shape index (κ2) is 4.31. The van der Waals surface area contributed by atoms with Gasteiger partial charge in [-0.2, -0.15) is 0 Å². The van der Waals surface area contributed by atoms with Gasteiger partial charge in [-0.25, -0.2) is 13.4 Å². The van der Waals surface area contributed by atoms with Gasteiger partial charge in [0, 0.05) is 19.7 Å². The highest BCUT2D eigenvalue weighted by atomic mass is 32.2. The van der Waals surface area contributed by atoms with E-state index < -0.39 is 9.84 Å². The monoisotopic (exact) mass is 279 g/mol. The molecule has 5 nitrogen and oxygen atoms in total. The molecule has 1 aromatic heterocycles. The molecule has 1 aliphatic heterocycles. The molecule has 2 heterocycles. The maximum absolute atomic E-state index is 11.6. The third kappa shape index (κ3) is 2.26. The molecule has 3 rings (SSSR count). The van der Waals surface area contributed by atoms with Crippen LogP contribution < -0.4 is 5.32 Å². The van der Waals surface area contributed by atoms with E-state index >= 15 is 0 Å². The number of fused-ring (bicyclic) bond motifs is 1. The molecule has 0 radical (unpaired) electrons. The number of hydrogen-bond acceptors (Lipinski definition) is 4. The van der Waals surface area contributed by atoms with Crippen molar-refractivity contribution >= 4 is 20.9 Å². The molecule has 19 heavy (non-hydrogen) atoms. The highest BCUT2D eigenvalue weighted by Crippen LogP contribution is 2.21. The third-order valence-corrected chi connectivity index (χ3v) is 4.82. The number of nitrogens with one attached hydrogen (secondary N) is 1. The number of imidazole rings is 1. The lowest BCUT2D eigenvalue weighted by Gasteiger charge is -2.26. The minimum atomic E-state index is -3.17. The molecule has 0 unspecified atom stereocenters. The maximum atomic E-state index is 11.6. The van der Waals surface area contributed by atoms with Crippen molar-refractivity contribution in [3.05, 3.63) is 24.0 Å². The van der Waals surface area contributed by atoms with E-state index in [1.807, 2.05) is 13.1 Å². The summed E-state index contributed by atoms with van der Waals surface area (Å²) in [5.74, 6) is 1.66. The van der Waals surface area contributed by atoms with Crippen LogP contribution in [0, 0.1) is 5.92 Å². The lowest BCUT2D eigenvalue weighted by atomic mass is 9.99. The summed E-state index contributed by atoms with van der Waals surface area (Å²) in [6.07, 6.45) is 2.16. The summed E-state index contributed by atoms with van der Waals surface area (Å²) in [6.45, 7) is 2.08. The minimum absolute atomic E-state index is 0.329. The van der Waals surface area contributed by atoms with Crippen LogP contribution in [0.25, 0.3) is 11.0 Å². The van der Waals surface area contributed by atoms with Crippen LogP contribution in [0.2, 0.25) is 0 Å². The number of hydrogen-bond donors (Lipinski definition) is 1. The van der Waals surface area contributed by atoms with Crippen molar-refractivity contribution in [1.82, 2.24) is 14.9 Å². The lowest BCUT2D eigenvalue weighted by molar-refractivity contribution is 0.339. The number of nitrogens with zero attached hydrogens (tertiary/aromatic N) is 2. The first-order valence-electron chi connectivity index (χ1n) is 6.31. The highest BCUT2D eigenvalue weighted by Gasteiger charge is 2.20. The van der Waals surface area contributed by atoms with Gasteiger partial charge in [0.1, 0.15) is 5.82 Å². The first kappa shape index (κ1) is 12.6. The van der Waals surface area contributed by atoms with Crippen molar-refractivity contribution in [3.63, 3.8) is 0 Å². The van der Waals surface area contributed by atoms with Gasteiger partial charge in [0.15, 0.2) is 9.84 Å². The van der Waals surface area contributed by atoms with Crippen molar-refractivity contribution in [3.8, 4) is 0 Å². The third-order valence-electron chi connectivity index (χ3n) is 3.71. The van der Waals surface area contributed by atoms with Gasteiger partial charge in [-0.3, -0.25) is 0 Å². The summed E-state index contributed by atoms with van der Waals surface area (Å²) in [4.78, 5) is 4.91. The molecule has 1 aromatic carbocycles. The van der Waals surface area contributed by atoms with Gasteiger partial charge >= 0.3 is 0 Å². The molecule has 1 aliphatic rings. The zero-order valence-corrected chi connectivity index (χ0v) is 11.9. The standard InChI is InChI=1S/C13H17N3O2S/c1-16-12-4-3-10(19(2,17)18)6-11(12)15-13(16)5-9-7-14-8-9/h3-4,6,9,14H,5,7-8H2,1-2H3. The zero-order valence-electron chi connectivity index (χ0n) is 11.0. The Labute approximate surface area is 112 Å². The summed E-state index contributed by atoms with van der Waals surface area (Å²) in [5.41, 5.74) is 1.74. The van der Waals surface area contributed by atoms with Gasteiger partial charge < -0.3 is 9.88 Å². The van der Waals surface area contributed by atoms with Crippen molar-refractivity contribution in [2.45, 2.75) is 11.3 Å². The van der Waals surface area contributed by atoms with Crippen LogP contribution in [0.3, 0.4) is 0 Å². The molecule has 102 valence electrons. The maximum Gasteiger partial charge on any atom is 0.175 e. The molecule has 0 atom stereocenters. The first-order valence-corrected chi connectivity index (χ1v) is 8.20. The second-order valence-electron chi connectivity index (χ2n) is 5.24. The van der Waals surface area contributed by atoms with Gasteiger partial charge in [-0.15, -0.1) is 0 Å². The fourth-order valence-electron chi connectivity index (χ4n) is 2.39. The number of benzene rings is 1. The summed E-state index contributed by atoms with van der Waals surface area (Å²) in [6, 6.07) is 5.14. The fraction of sp³-hybridized carbons (Fsp3) is 0.462. The average molecular weight is 279 g/mol. The first-order chi connectivity index (χ1) is 8.95. The molecule has 2 aromatic rings. The van der Waals surface area contributed by atoms with Crippen LogP contribution in [-0.2, 0) is 23.3 Å². The zero-order chi connectivity index (χ0) is 13.6. The van der Waals surface area contributed by atoms with Gasteiger partial charge in [0.25, 0.3) is 0 Å². The van der Waals surface area contributed by atoms with Gasteiger partial charge in [0.2, 0.25) is 0 Å². The SMILES string of the molecule is Cn1c(CC2CNC2)nc2cc(S(C)(=O)=O)ccc21. The molecular weight excluding hydrogens is 262 g/mol. The van der Waals surface area contributed by atoms with Gasteiger partial charge in [0.05, 0.1) is 15.9 Å². The van der Waals surface area contributed by atoms with Crippen LogP contribution in [-0.4, -0.2) is 37.3 Å². The van der Waals surface area contributed by atoms with E-state index in [9.17, 15) is 8.42 Å². The van der Waals surface area contributed by atoms with E-state index in [4.69, 9.17) is 0 Å². The Morgan fingerprint density at radius 1 is 1.42 bits per heavy atom. The van der Waals surface area contributed by atoms with E-state index in [2.05, 4.69) is 14.9 Å². The van der Waals surface area contributed by atoms with E-state index in [1.165, 1.54) is 6.26 Å². The lowest BCUT2D eigenvalue weighted by Crippen LogP contribution is -2.43. The van der Waals surface area contributed by atoms with E-state index in [-0.39, 0.29) is 0 Å². The van der Waals surface area contributed by atoms with Gasteiger partial charge in [-0.05, 0) is 37.2 Å². The van der Waals surface area contributed by atoms with E-state index in [0.717, 1.165) is 36.4 Å². The molecule has 0 saturated carbocycles. The highest BCUT2D eigenvalue weighted by molar-refractivity contribution is 7.90. The molecular formula is C13H17N3O2S. The Morgan fingerprint density at radius 2 is 2.16 bits per heavy atom. The van der Waals surface area contributed by atoms with Crippen molar-refractivity contribution in [2.24, 2.45) is 13.0 Å². The number of sulfone groups is 1. The Kier molecular flexibility index (Phi) is 2.87. The fourth-order valence-corrected chi connectivity index (χ4v) is 3.03. The molecule has 0 spiro atoms. The topological polar surface area (TPSA) is 64.0 Å². The molecule has 0 bridgehead atoms. The van der Waals surface area contributed by atoms with E-state index in [0.29, 0.717) is 10.8 Å². The van der Waals surface area contributed by atoms with Crippen molar-refractivity contribution < 1.29 is 8.42 Å². The summed E-state index contributed by atoms with van der Waals surface area (Å²) >= 11 is 0. The van der Waals surface area contributed by atoms with Crippen molar-refractivity contribution in [2.75, 3.05) is 19.3 Å². The summed E-state index contributed by atoms with van der Waals surface area (Å²) in [5, 5.41) is 3.25. The molecule has 6 heteroatoms. The predicted molar refractivity (Wildman–Crippen MR) is 73.9 cm³/mol. The van der Waals surface area contributed by atoms with Crippen LogP contribution in [0.1, 0.15) is 5.82 Å². The Bertz CT molecular complexity index is 730. The average Bonchev–Trinajstić information content (AvgIpc) is 2.59. The number of aromatic nitrogens is 2. The number of aryl methyl sites for hydroxylation is 1. The predicted octanol–water partition coefficient (Wildman–Crippen LogP) is 0.739. The minimum Gasteiger partial charge on any atom is -0.331 e. The van der Waals surface area contributed by atoms with Crippen LogP contribution in [0.5, 0.6) is 0 Å². The Morgan fingerprint density at radius 3 is 2.74 bits per heavy atom. The normalized spacial score (nSPS) is 16.7. The van der Waals surface area contributed by atoms with Crippen LogP contribution in [0.4, 0.5) is 0 Å². The molecule has 0 amide bonds. The van der Waals surface area contributed by atoms with Crippen LogP contribution >= 0.6 is 0 Å². The second-order valence-corrected chi connectivity index (χ2v) is 7.25. The summed E-state index contributed by atoms with van der Waals surface area (Å²) < 4.78 is 25.2. The Hall–Kier alpha value is -1.40. The largest absolute Gasteiger partial charge is 0.331 e.